The molecule has 0 aromatic heterocycles. The normalized spacial score (nSPS) is 10.9. The number of aliphatic imine (C=N–C) groups is 2. The molecular weight excluding hydrogens is 570 g/mol. The monoisotopic (exact) mass is 588 g/mol. The van der Waals surface area contributed by atoms with E-state index in [0.29, 0.717) is 21.2 Å². The van der Waals surface area contributed by atoms with Crippen LogP contribution in [-0.4, -0.2) is 60.1 Å². The van der Waals surface area contributed by atoms with Crippen molar-refractivity contribution < 1.29 is 30.0 Å². The molecule has 2 amide bonds. The molecule has 31 heavy (non-hydrogen) atoms. The average Bonchev–Trinajstić information content (AvgIpc) is 2.68. The van der Waals surface area contributed by atoms with Gasteiger partial charge in [-0.3, -0.25) is 9.59 Å². The maximum absolute atomic E-state index is 11.6. The number of benzene rings is 2. The van der Waals surface area contributed by atoms with Crippen LogP contribution in [0.25, 0.3) is 0 Å². The van der Waals surface area contributed by atoms with E-state index in [1.165, 1.54) is 0 Å². The largest absolute Gasteiger partial charge is 2.00 e. The first-order valence-corrected chi connectivity index (χ1v) is 10.1. The fourth-order valence-corrected chi connectivity index (χ4v) is 2.36. The van der Waals surface area contributed by atoms with Crippen LogP contribution < -0.4 is 0 Å². The van der Waals surface area contributed by atoms with Crippen molar-refractivity contribution in [1.29, 1.82) is 0 Å². The summed E-state index contributed by atoms with van der Waals surface area (Å²) in [7, 11) is 6.91. The Balaban J connectivity index is 0.000000562. The van der Waals surface area contributed by atoms with Gasteiger partial charge in [-0.15, -0.1) is 0 Å². The molecule has 0 saturated carbocycles. The molecule has 0 bridgehead atoms. The van der Waals surface area contributed by atoms with Gasteiger partial charge >= 0.3 is 20.4 Å². The summed E-state index contributed by atoms with van der Waals surface area (Å²) in [6.45, 7) is 0. The number of carbonyl (C=O) groups is 2. The molecule has 6 nitrogen and oxygen atoms in total. The van der Waals surface area contributed by atoms with Crippen LogP contribution in [0.5, 0.6) is 0 Å². The topological polar surface area (TPSA) is 65.3 Å². The van der Waals surface area contributed by atoms with Gasteiger partial charge in [-0.2, -0.15) is 0 Å². The van der Waals surface area contributed by atoms with Crippen molar-refractivity contribution in [3.63, 3.8) is 0 Å². The summed E-state index contributed by atoms with van der Waals surface area (Å²) in [4.78, 5) is 33.9. The van der Waals surface area contributed by atoms with Crippen LogP contribution in [0.3, 0.4) is 0 Å². The minimum absolute atomic E-state index is 0. The van der Waals surface area contributed by atoms with Crippen LogP contribution in [0.15, 0.2) is 58.5 Å². The molecule has 0 heterocycles. The van der Waals surface area contributed by atoms with Gasteiger partial charge in [0.2, 0.25) is 0 Å². The third kappa shape index (κ3) is 10.0. The van der Waals surface area contributed by atoms with E-state index in [0.717, 1.165) is 0 Å². The Morgan fingerprint density at radius 2 is 1.00 bits per heavy atom. The van der Waals surface area contributed by atoms with E-state index in [1.807, 2.05) is 0 Å². The standard InChI is InChI=1S/2C10H11ClN2OS.Pd/c2*1-13(2)10(15)12-9(14)7-5-3-4-6-8(7)11;/h2*3-6H,1-2H3,(H,12,14,15);/q;;+2/p-2. The summed E-state index contributed by atoms with van der Waals surface area (Å²) in [5, 5.41) is 1.24. The molecule has 0 N–H and O–H groups in total. The Bertz CT molecular complexity index is 892. The Hall–Kier alpha value is -1.60. The number of amidine groups is 2. The van der Waals surface area contributed by atoms with Gasteiger partial charge in [0.25, 0.3) is 11.8 Å². The predicted molar refractivity (Wildman–Crippen MR) is 129 cm³/mol. The molecule has 0 aliphatic carbocycles. The Morgan fingerprint density at radius 3 is 1.26 bits per heavy atom. The second-order valence-corrected chi connectivity index (χ2v) is 7.69. The van der Waals surface area contributed by atoms with Gasteiger partial charge in [0.05, 0.1) is 21.2 Å². The molecule has 0 atom stereocenters. The molecule has 168 valence electrons. The SMILES string of the molecule is CN(C)C([S-])=NC(=O)c1ccccc1Cl.CN(C)C([S-])=NC(=O)c1ccccc1Cl.[Pd+2]. The third-order valence-electron chi connectivity index (χ3n) is 3.37. The van der Waals surface area contributed by atoms with E-state index >= 15 is 0 Å². The molecular formula is C20H20Cl2N4O2PdS2. The average molecular weight is 590 g/mol. The quantitative estimate of drug-likeness (QED) is 0.229. The number of nitrogens with zero attached hydrogens (tertiary/aromatic N) is 4. The van der Waals surface area contributed by atoms with Crippen LogP contribution in [-0.2, 0) is 45.7 Å². The Morgan fingerprint density at radius 1 is 0.710 bits per heavy atom. The number of rotatable bonds is 2. The molecule has 2 aromatic rings. The molecule has 11 heteroatoms. The fraction of sp³-hybridized carbons (Fsp3) is 0.200. The van der Waals surface area contributed by atoms with E-state index < -0.39 is 11.8 Å². The zero-order valence-electron chi connectivity index (χ0n) is 17.1. The van der Waals surface area contributed by atoms with Crippen molar-refractivity contribution in [2.24, 2.45) is 9.98 Å². The van der Waals surface area contributed by atoms with E-state index in [-0.39, 0.29) is 30.8 Å². The zero-order chi connectivity index (χ0) is 22.8. The second kappa shape index (κ2) is 14.5. The van der Waals surface area contributed by atoms with E-state index in [1.54, 1.807) is 86.5 Å². The van der Waals surface area contributed by atoms with Crippen molar-refractivity contribution in [2.75, 3.05) is 28.2 Å². The van der Waals surface area contributed by atoms with E-state index in [4.69, 9.17) is 48.5 Å². The molecule has 0 saturated heterocycles. The van der Waals surface area contributed by atoms with Crippen LogP contribution in [0, 0.1) is 0 Å². The van der Waals surface area contributed by atoms with Crippen LogP contribution in [0.4, 0.5) is 0 Å². The van der Waals surface area contributed by atoms with Crippen LogP contribution in [0.2, 0.25) is 10.0 Å². The molecule has 0 spiro atoms. The molecule has 0 fully saturated rings. The summed E-state index contributed by atoms with van der Waals surface area (Å²) in [5.41, 5.74) is 0.728. The second-order valence-electron chi connectivity index (χ2n) is 6.15. The first-order valence-electron chi connectivity index (χ1n) is 8.48. The van der Waals surface area contributed by atoms with E-state index in [9.17, 15) is 9.59 Å². The first-order chi connectivity index (χ1) is 14.0. The molecule has 0 aliphatic rings. The summed E-state index contributed by atoms with van der Waals surface area (Å²) in [6, 6.07) is 13.5. The number of hydrogen-bond donors (Lipinski definition) is 0. The van der Waals surface area contributed by atoms with Crippen molar-refractivity contribution in [3.8, 4) is 0 Å². The fourth-order valence-electron chi connectivity index (χ4n) is 1.76. The van der Waals surface area contributed by atoms with Crippen molar-refractivity contribution >= 4 is 70.6 Å². The third-order valence-corrected chi connectivity index (χ3v) is 4.94. The Kier molecular flexibility index (Phi) is 13.7. The molecule has 0 unspecified atom stereocenters. The van der Waals surface area contributed by atoms with Gasteiger partial charge in [0.1, 0.15) is 0 Å². The number of hydrogen-bond acceptors (Lipinski definition) is 4. The Labute approximate surface area is 217 Å². The number of halogens is 2. The first kappa shape index (κ1) is 29.4. The maximum Gasteiger partial charge on any atom is 2.00 e. The minimum Gasteiger partial charge on any atom is -0.742 e. The summed E-state index contributed by atoms with van der Waals surface area (Å²) in [5.74, 6) is -0.835. The number of carbonyl (C=O) groups excluding carboxylic acids is 2. The molecule has 0 radical (unpaired) electrons. The smallest absolute Gasteiger partial charge is 0.742 e. The van der Waals surface area contributed by atoms with Gasteiger partial charge in [0, 0.05) is 28.2 Å². The minimum atomic E-state index is -0.417. The van der Waals surface area contributed by atoms with Crippen molar-refractivity contribution in [1.82, 2.24) is 9.80 Å². The molecule has 0 aliphatic heterocycles. The van der Waals surface area contributed by atoms with Crippen molar-refractivity contribution in [2.45, 2.75) is 0 Å². The summed E-state index contributed by atoms with van der Waals surface area (Å²) >= 11 is 21.5. The maximum atomic E-state index is 11.6. The van der Waals surface area contributed by atoms with Gasteiger partial charge < -0.3 is 35.1 Å². The van der Waals surface area contributed by atoms with Gasteiger partial charge in [-0.05, 0) is 34.6 Å². The summed E-state index contributed by atoms with van der Waals surface area (Å²) < 4.78 is 0. The predicted octanol–water partition coefficient (Wildman–Crippen LogP) is 3.89. The summed E-state index contributed by atoms with van der Waals surface area (Å²) in [6.07, 6.45) is 0. The van der Waals surface area contributed by atoms with Gasteiger partial charge in [0.15, 0.2) is 0 Å². The van der Waals surface area contributed by atoms with Gasteiger partial charge in [-0.25, -0.2) is 9.98 Å². The van der Waals surface area contributed by atoms with Gasteiger partial charge in [-0.1, -0.05) is 47.5 Å². The molecule has 2 rings (SSSR count). The van der Waals surface area contributed by atoms with E-state index in [2.05, 4.69) is 9.98 Å². The zero-order valence-corrected chi connectivity index (χ0v) is 21.8. The molecule has 2 aromatic carbocycles. The van der Waals surface area contributed by atoms with Crippen LogP contribution in [0.1, 0.15) is 20.7 Å². The van der Waals surface area contributed by atoms with Crippen LogP contribution >= 0.6 is 23.2 Å². The van der Waals surface area contributed by atoms with Crippen molar-refractivity contribution in [3.05, 3.63) is 69.7 Å². The number of amides is 2.